The Labute approximate surface area is 108 Å². The zero-order valence-corrected chi connectivity index (χ0v) is 10.2. The molecule has 0 saturated carbocycles. The summed E-state index contributed by atoms with van der Waals surface area (Å²) >= 11 is 1.37. The summed E-state index contributed by atoms with van der Waals surface area (Å²) in [5, 5.41) is 15.6. The Kier molecular flexibility index (Phi) is 4.34. The van der Waals surface area contributed by atoms with Crippen LogP contribution in [0.3, 0.4) is 0 Å². The second-order valence-corrected chi connectivity index (χ2v) is 4.31. The molecule has 0 radical (unpaired) electrons. The molecule has 0 saturated heterocycles. The summed E-state index contributed by atoms with van der Waals surface area (Å²) in [7, 11) is 0. The van der Waals surface area contributed by atoms with E-state index < -0.39 is 0 Å². The van der Waals surface area contributed by atoms with Gasteiger partial charge in [0.15, 0.2) is 5.16 Å². The van der Waals surface area contributed by atoms with Crippen LogP contribution in [0, 0.1) is 17.7 Å². The molecule has 0 aliphatic carbocycles. The van der Waals surface area contributed by atoms with E-state index in [1.165, 1.54) is 24.2 Å². The van der Waals surface area contributed by atoms with Gasteiger partial charge in [0, 0.05) is 11.3 Å². The maximum absolute atomic E-state index is 13.7. The van der Waals surface area contributed by atoms with Crippen molar-refractivity contribution in [2.75, 3.05) is 6.61 Å². The highest BCUT2D eigenvalue weighted by atomic mass is 32.2. The first-order chi connectivity index (χ1) is 8.79. The predicted octanol–water partition coefficient (Wildman–Crippen LogP) is 1.58. The average Bonchev–Trinajstić information content (AvgIpc) is 2.88. The number of aliphatic hydroxyl groups excluding tert-OH is 1. The van der Waals surface area contributed by atoms with Crippen LogP contribution in [0.15, 0.2) is 29.7 Å². The zero-order chi connectivity index (χ0) is 12.8. The third-order valence-corrected chi connectivity index (χ3v) is 3.05. The van der Waals surface area contributed by atoms with Gasteiger partial charge in [0.1, 0.15) is 18.8 Å². The molecule has 1 heterocycles. The van der Waals surface area contributed by atoms with Gasteiger partial charge in [-0.05, 0) is 17.7 Å². The molecule has 0 aliphatic rings. The van der Waals surface area contributed by atoms with E-state index in [-0.39, 0.29) is 12.4 Å². The van der Waals surface area contributed by atoms with Crippen molar-refractivity contribution in [2.24, 2.45) is 0 Å². The first-order valence-corrected chi connectivity index (χ1v) is 6.14. The highest BCUT2D eigenvalue weighted by Gasteiger charge is 2.05. The van der Waals surface area contributed by atoms with E-state index in [4.69, 9.17) is 5.11 Å². The number of rotatable bonds is 3. The van der Waals surface area contributed by atoms with Crippen LogP contribution in [0.25, 0.3) is 0 Å². The van der Waals surface area contributed by atoms with Crippen LogP contribution in [-0.4, -0.2) is 26.9 Å². The third kappa shape index (κ3) is 3.32. The van der Waals surface area contributed by atoms with Gasteiger partial charge in [0.05, 0.1) is 0 Å². The molecule has 0 aliphatic heterocycles. The fraction of sp³-hybridized carbons (Fsp3) is 0.167. The Morgan fingerprint density at radius 1 is 1.44 bits per heavy atom. The predicted molar refractivity (Wildman–Crippen MR) is 66.3 cm³/mol. The lowest BCUT2D eigenvalue weighted by Gasteiger charge is -2.01. The number of nitrogens with zero attached hydrogens (tertiary/aromatic N) is 2. The van der Waals surface area contributed by atoms with Gasteiger partial charge in [-0.3, -0.25) is 5.10 Å². The standard InChI is InChI=1S/C12H10FN3OS/c13-11-6-9(2-1-5-17)3-4-10(11)7-18-12-14-8-15-16-12/h3-4,6,8,17H,5,7H2,(H,14,15,16). The lowest BCUT2D eigenvalue weighted by molar-refractivity contribution is 0.350. The molecule has 1 aromatic heterocycles. The Morgan fingerprint density at radius 2 is 2.33 bits per heavy atom. The Balaban J connectivity index is 2.05. The largest absolute Gasteiger partial charge is 0.384 e. The molecule has 0 spiro atoms. The van der Waals surface area contributed by atoms with E-state index in [9.17, 15) is 4.39 Å². The number of H-pyrrole nitrogens is 1. The van der Waals surface area contributed by atoms with E-state index in [1.807, 2.05) is 0 Å². The highest BCUT2D eigenvalue weighted by molar-refractivity contribution is 7.98. The van der Waals surface area contributed by atoms with Gasteiger partial charge in [-0.1, -0.05) is 29.7 Å². The molecule has 2 N–H and O–H groups in total. The molecule has 18 heavy (non-hydrogen) atoms. The molecule has 2 rings (SSSR count). The monoisotopic (exact) mass is 263 g/mol. The lowest BCUT2D eigenvalue weighted by Crippen LogP contribution is -1.90. The fourth-order valence-electron chi connectivity index (χ4n) is 1.29. The fourth-order valence-corrected chi connectivity index (χ4v) is 2.06. The summed E-state index contributed by atoms with van der Waals surface area (Å²) in [5.41, 5.74) is 1.13. The maximum Gasteiger partial charge on any atom is 0.183 e. The normalized spacial score (nSPS) is 9.89. The molecular weight excluding hydrogens is 253 g/mol. The van der Waals surface area contributed by atoms with Crippen molar-refractivity contribution in [3.63, 3.8) is 0 Å². The minimum atomic E-state index is -0.313. The number of hydrogen-bond acceptors (Lipinski definition) is 4. The minimum Gasteiger partial charge on any atom is -0.384 e. The van der Waals surface area contributed by atoms with Crippen LogP contribution < -0.4 is 0 Å². The SMILES string of the molecule is OCC#Cc1ccc(CSc2ncn[nH]2)c(F)c1. The van der Waals surface area contributed by atoms with Gasteiger partial charge in [0.25, 0.3) is 0 Å². The minimum absolute atomic E-state index is 0.231. The van der Waals surface area contributed by atoms with Crippen molar-refractivity contribution < 1.29 is 9.50 Å². The van der Waals surface area contributed by atoms with E-state index in [0.717, 1.165) is 0 Å². The van der Waals surface area contributed by atoms with Crippen LogP contribution in [-0.2, 0) is 5.75 Å². The van der Waals surface area contributed by atoms with Crippen LogP contribution in [0.1, 0.15) is 11.1 Å². The summed E-state index contributed by atoms with van der Waals surface area (Å²) in [5.74, 6) is 5.29. The van der Waals surface area contributed by atoms with Crippen LogP contribution in [0.5, 0.6) is 0 Å². The van der Waals surface area contributed by atoms with Gasteiger partial charge in [-0.2, -0.15) is 5.10 Å². The maximum atomic E-state index is 13.7. The molecule has 6 heteroatoms. The molecule has 0 bridgehead atoms. The molecule has 0 fully saturated rings. The number of aliphatic hydroxyl groups is 1. The summed E-state index contributed by atoms with van der Waals surface area (Å²) in [4.78, 5) is 3.94. The van der Waals surface area contributed by atoms with Gasteiger partial charge in [-0.25, -0.2) is 9.37 Å². The summed E-state index contributed by atoms with van der Waals surface area (Å²) in [6.45, 7) is -0.231. The molecule has 2 aromatic rings. The summed E-state index contributed by atoms with van der Waals surface area (Å²) < 4.78 is 13.7. The van der Waals surface area contributed by atoms with Crippen LogP contribution in [0.4, 0.5) is 4.39 Å². The second-order valence-electron chi connectivity index (χ2n) is 3.35. The Bertz CT molecular complexity index is 575. The van der Waals surface area contributed by atoms with Crippen molar-refractivity contribution >= 4 is 11.8 Å². The van der Waals surface area contributed by atoms with Crippen molar-refractivity contribution in [2.45, 2.75) is 10.9 Å². The first kappa shape index (κ1) is 12.6. The second kappa shape index (κ2) is 6.19. The van der Waals surface area contributed by atoms with Gasteiger partial charge in [0.2, 0.25) is 0 Å². The topological polar surface area (TPSA) is 61.8 Å². The van der Waals surface area contributed by atoms with Crippen molar-refractivity contribution in [1.29, 1.82) is 0 Å². The molecule has 1 aromatic carbocycles. The smallest absolute Gasteiger partial charge is 0.183 e. The molecular formula is C12H10FN3OS. The van der Waals surface area contributed by atoms with Crippen LogP contribution >= 0.6 is 11.8 Å². The number of nitrogens with one attached hydrogen (secondary N) is 1. The van der Waals surface area contributed by atoms with Gasteiger partial charge < -0.3 is 5.11 Å². The van der Waals surface area contributed by atoms with Crippen molar-refractivity contribution in [3.8, 4) is 11.8 Å². The Hall–Kier alpha value is -1.84. The molecule has 0 amide bonds. The van der Waals surface area contributed by atoms with Crippen molar-refractivity contribution in [1.82, 2.24) is 15.2 Å². The molecule has 0 unspecified atom stereocenters. The zero-order valence-electron chi connectivity index (χ0n) is 9.35. The molecule has 92 valence electrons. The average molecular weight is 263 g/mol. The molecule has 0 atom stereocenters. The molecule has 4 nitrogen and oxygen atoms in total. The van der Waals surface area contributed by atoms with E-state index >= 15 is 0 Å². The first-order valence-electron chi connectivity index (χ1n) is 5.16. The van der Waals surface area contributed by atoms with Gasteiger partial charge in [-0.15, -0.1) is 0 Å². The number of halogens is 1. The summed E-state index contributed by atoms with van der Waals surface area (Å²) in [6, 6.07) is 4.76. The third-order valence-electron chi connectivity index (χ3n) is 2.12. The van der Waals surface area contributed by atoms with E-state index in [2.05, 4.69) is 27.0 Å². The summed E-state index contributed by atoms with van der Waals surface area (Å²) in [6.07, 6.45) is 1.41. The number of aromatic nitrogens is 3. The van der Waals surface area contributed by atoms with Crippen LogP contribution in [0.2, 0.25) is 0 Å². The number of aromatic amines is 1. The Morgan fingerprint density at radius 3 is 3.00 bits per heavy atom. The number of benzene rings is 1. The van der Waals surface area contributed by atoms with E-state index in [1.54, 1.807) is 12.1 Å². The van der Waals surface area contributed by atoms with Crippen molar-refractivity contribution in [3.05, 3.63) is 41.5 Å². The van der Waals surface area contributed by atoms with E-state index in [0.29, 0.717) is 22.0 Å². The quantitative estimate of drug-likeness (QED) is 0.652. The lowest BCUT2D eigenvalue weighted by atomic mass is 10.1. The highest BCUT2D eigenvalue weighted by Crippen LogP contribution is 2.20. The van der Waals surface area contributed by atoms with Gasteiger partial charge >= 0.3 is 0 Å². The number of thioether (sulfide) groups is 1. The number of hydrogen-bond donors (Lipinski definition) is 2.